The average Bonchev–Trinajstić information content (AvgIpc) is 3.35. The first kappa shape index (κ1) is 15.6. The summed E-state index contributed by atoms with van der Waals surface area (Å²) in [5, 5.41) is 2.95. The van der Waals surface area contributed by atoms with Gasteiger partial charge in [0.15, 0.2) is 6.10 Å². The number of nitrogens with zero attached hydrogens (tertiary/aromatic N) is 1. The van der Waals surface area contributed by atoms with Crippen LogP contribution in [-0.2, 0) is 11.2 Å². The van der Waals surface area contributed by atoms with Crippen molar-refractivity contribution in [1.29, 1.82) is 0 Å². The number of benzene rings is 1. The lowest BCUT2D eigenvalue weighted by Crippen LogP contribution is -2.38. The van der Waals surface area contributed by atoms with E-state index >= 15 is 0 Å². The van der Waals surface area contributed by atoms with Crippen LogP contribution in [0.5, 0.6) is 5.88 Å². The van der Waals surface area contributed by atoms with Gasteiger partial charge in [-0.1, -0.05) is 12.1 Å². The maximum absolute atomic E-state index is 12.3. The lowest BCUT2D eigenvalue weighted by molar-refractivity contribution is -0.127. The molecule has 1 aromatic heterocycles. The number of rotatable bonds is 5. The number of primary amides is 1. The van der Waals surface area contributed by atoms with E-state index in [0.29, 0.717) is 23.8 Å². The summed E-state index contributed by atoms with van der Waals surface area (Å²) < 4.78 is 5.75. The fourth-order valence-electron chi connectivity index (χ4n) is 3.07. The van der Waals surface area contributed by atoms with Crippen molar-refractivity contribution in [2.24, 2.45) is 11.7 Å². The van der Waals surface area contributed by atoms with Crippen LogP contribution in [-0.4, -0.2) is 29.4 Å². The number of amides is 2. The van der Waals surface area contributed by atoms with Gasteiger partial charge in [-0.05, 0) is 48.1 Å². The quantitative estimate of drug-likeness (QED) is 0.868. The Kier molecular flexibility index (Phi) is 3.87. The summed E-state index contributed by atoms with van der Waals surface area (Å²) in [6, 6.07) is 8.99. The average molecular weight is 337 g/mol. The van der Waals surface area contributed by atoms with Gasteiger partial charge in [-0.25, -0.2) is 4.98 Å². The summed E-state index contributed by atoms with van der Waals surface area (Å²) in [7, 11) is 0. The van der Waals surface area contributed by atoms with Crippen LogP contribution in [0.25, 0.3) is 11.1 Å². The first-order valence-corrected chi connectivity index (χ1v) is 8.44. The normalized spacial score (nSPS) is 18.3. The molecule has 0 spiro atoms. The van der Waals surface area contributed by atoms with Crippen LogP contribution in [0.15, 0.2) is 36.5 Å². The van der Waals surface area contributed by atoms with Crippen molar-refractivity contribution in [3.05, 3.63) is 47.7 Å². The fourth-order valence-corrected chi connectivity index (χ4v) is 3.07. The molecular formula is C19H19N3O3. The van der Waals surface area contributed by atoms with E-state index in [1.165, 1.54) is 12.8 Å². The van der Waals surface area contributed by atoms with Crippen LogP contribution < -0.4 is 15.8 Å². The zero-order valence-electron chi connectivity index (χ0n) is 13.7. The smallest absolute Gasteiger partial charge is 0.261 e. The number of hydrogen-bond acceptors (Lipinski definition) is 4. The summed E-state index contributed by atoms with van der Waals surface area (Å²) in [6.45, 7) is 0.718. The van der Waals surface area contributed by atoms with E-state index in [9.17, 15) is 9.59 Å². The molecule has 3 N–H and O–H groups in total. The zero-order chi connectivity index (χ0) is 17.4. The van der Waals surface area contributed by atoms with Crippen LogP contribution in [0, 0.1) is 5.92 Å². The van der Waals surface area contributed by atoms with Gasteiger partial charge in [-0.3, -0.25) is 9.59 Å². The lowest BCUT2D eigenvalue weighted by atomic mass is 9.97. The highest BCUT2D eigenvalue weighted by molar-refractivity contribution is 5.94. The van der Waals surface area contributed by atoms with E-state index in [-0.39, 0.29) is 5.91 Å². The Hall–Kier alpha value is -2.89. The molecule has 1 saturated carbocycles. The number of fused-ring (bicyclic) bond motifs is 1. The van der Waals surface area contributed by atoms with Gasteiger partial charge in [0, 0.05) is 30.3 Å². The van der Waals surface area contributed by atoms with Crippen LogP contribution >= 0.6 is 0 Å². The number of hydrogen-bond donors (Lipinski definition) is 2. The monoisotopic (exact) mass is 337 g/mol. The molecule has 1 fully saturated rings. The number of nitrogens with two attached hydrogens (primary N) is 1. The van der Waals surface area contributed by atoms with Crippen LogP contribution in [0.4, 0.5) is 0 Å². The van der Waals surface area contributed by atoms with E-state index in [2.05, 4.69) is 10.3 Å². The van der Waals surface area contributed by atoms with Gasteiger partial charge in [-0.15, -0.1) is 0 Å². The minimum absolute atomic E-state index is 0.0956. The van der Waals surface area contributed by atoms with Crippen molar-refractivity contribution in [1.82, 2.24) is 10.3 Å². The first-order chi connectivity index (χ1) is 12.1. The molecule has 1 aliphatic heterocycles. The third kappa shape index (κ3) is 3.20. The second-order valence-electron chi connectivity index (χ2n) is 6.59. The lowest BCUT2D eigenvalue weighted by Gasteiger charge is -2.10. The molecule has 2 aromatic rings. The standard InChI is InChI=1S/C19H19N3O3/c20-17(23)13-3-1-2-12(8-13)14-6-7-21-19-15(14)9-16(25-19)18(24)22-10-11-4-5-11/h1-3,6-8,11,16H,4-5,9-10H2,(H2,20,23)(H,22,24). The minimum Gasteiger partial charge on any atom is -0.464 e. The van der Waals surface area contributed by atoms with Crippen molar-refractivity contribution in [3.8, 4) is 17.0 Å². The summed E-state index contributed by atoms with van der Waals surface area (Å²) >= 11 is 0. The molecule has 6 heteroatoms. The molecule has 0 saturated heterocycles. The van der Waals surface area contributed by atoms with Crippen LogP contribution in [0.1, 0.15) is 28.8 Å². The molecule has 1 aromatic carbocycles. The second-order valence-corrected chi connectivity index (χ2v) is 6.59. The SMILES string of the molecule is NC(=O)c1cccc(-c2ccnc3c2CC(C(=O)NCC2CC2)O3)c1. The molecule has 4 rings (SSSR count). The Morgan fingerprint density at radius 2 is 2.12 bits per heavy atom. The fraction of sp³-hybridized carbons (Fsp3) is 0.316. The molecule has 2 heterocycles. The second kappa shape index (κ2) is 6.20. The molecule has 2 amide bonds. The molecule has 0 radical (unpaired) electrons. The van der Waals surface area contributed by atoms with E-state index in [1.54, 1.807) is 24.4 Å². The van der Waals surface area contributed by atoms with Crippen LogP contribution in [0.2, 0.25) is 0 Å². The molecule has 6 nitrogen and oxygen atoms in total. The third-order valence-electron chi connectivity index (χ3n) is 4.67. The van der Waals surface area contributed by atoms with Crippen LogP contribution in [0.3, 0.4) is 0 Å². The Bertz CT molecular complexity index is 846. The molecular weight excluding hydrogens is 318 g/mol. The van der Waals surface area contributed by atoms with Gasteiger partial charge >= 0.3 is 0 Å². The summed E-state index contributed by atoms with van der Waals surface area (Å²) in [6.07, 6.45) is 3.94. The van der Waals surface area contributed by atoms with E-state index in [1.807, 2.05) is 12.1 Å². The molecule has 0 bridgehead atoms. The maximum atomic E-state index is 12.3. The Labute approximate surface area is 145 Å². The van der Waals surface area contributed by atoms with Crippen molar-refractivity contribution in [2.75, 3.05) is 6.54 Å². The van der Waals surface area contributed by atoms with Gasteiger partial charge < -0.3 is 15.8 Å². The highest BCUT2D eigenvalue weighted by atomic mass is 16.5. The minimum atomic E-state index is -0.554. The van der Waals surface area contributed by atoms with Crippen molar-refractivity contribution >= 4 is 11.8 Å². The molecule has 1 atom stereocenters. The molecule has 25 heavy (non-hydrogen) atoms. The van der Waals surface area contributed by atoms with Crippen molar-refractivity contribution in [2.45, 2.75) is 25.4 Å². The number of ether oxygens (including phenoxy) is 1. The third-order valence-corrected chi connectivity index (χ3v) is 4.67. The predicted octanol–water partition coefficient (Wildman–Crippen LogP) is 1.68. The molecule has 1 aliphatic carbocycles. The maximum Gasteiger partial charge on any atom is 0.261 e. The highest BCUT2D eigenvalue weighted by Gasteiger charge is 2.33. The number of carbonyl (C=O) groups excluding carboxylic acids is 2. The van der Waals surface area contributed by atoms with Gasteiger partial charge in [0.05, 0.1) is 0 Å². The van der Waals surface area contributed by atoms with Crippen molar-refractivity contribution < 1.29 is 14.3 Å². The number of carbonyl (C=O) groups is 2. The number of pyridine rings is 1. The molecule has 128 valence electrons. The van der Waals surface area contributed by atoms with Gasteiger partial charge in [-0.2, -0.15) is 0 Å². The topological polar surface area (TPSA) is 94.3 Å². The summed E-state index contributed by atoms with van der Waals surface area (Å²) in [5.41, 5.74) is 8.47. The summed E-state index contributed by atoms with van der Waals surface area (Å²) in [4.78, 5) is 28.0. The van der Waals surface area contributed by atoms with Gasteiger partial charge in [0.2, 0.25) is 11.8 Å². The van der Waals surface area contributed by atoms with E-state index in [0.717, 1.165) is 23.2 Å². The van der Waals surface area contributed by atoms with Gasteiger partial charge in [0.25, 0.3) is 5.91 Å². The van der Waals surface area contributed by atoms with E-state index in [4.69, 9.17) is 10.5 Å². The predicted molar refractivity (Wildman–Crippen MR) is 92.0 cm³/mol. The first-order valence-electron chi connectivity index (χ1n) is 8.44. The Morgan fingerprint density at radius 1 is 1.28 bits per heavy atom. The Balaban J connectivity index is 1.57. The summed E-state index contributed by atoms with van der Waals surface area (Å²) in [5.74, 6) is 0.536. The molecule has 1 unspecified atom stereocenters. The highest BCUT2D eigenvalue weighted by Crippen LogP contribution is 2.35. The number of nitrogens with one attached hydrogen (secondary N) is 1. The Morgan fingerprint density at radius 3 is 2.88 bits per heavy atom. The van der Waals surface area contributed by atoms with Gasteiger partial charge in [0.1, 0.15) is 0 Å². The molecule has 2 aliphatic rings. The van der Waals surface area contributed by atoms with Crippen molar-refractivity contribution in [3.63, 3.8) is 0 Å². The zero-order valence-corrected chi connectivity index (χ0v) is 13.7. The largest absolute Gasteiger partial charge is 0.464 e. The number of aromatic nitrogens is 1. The van der Waals surface area contributed by atoms with E-state index < -0.39 is 12.0 Å².